The van der Waals surface area contributed by atoms with Crippen molar-refractivity contribution in [2.45, 2.75) is 71.0 Å². The Kier molecular flexibility index (Phi) is 8.93. The molecule has 4 rings (SSSR count). The summed E-state index contributed by atoms with van der Waals surface area (Å²) in [6.45, 7) is 9.64. The summed E-state index contributed by atoms with van der Waals surface area (Å²) >= 11 is 0. The lowest BCUT2D eigenvalue weighted by Crippen LogP contribution is -2.53. The van der Waals surface area contributed by atoms with E-state index in [9.17, 15) is 14.4 Å². The second kappa shape index (κ2) is 12.4. The average molecular weight is 541 g/mol. The number of nitrogens with one attached hydrogen (secondary N) is 3. The van der Waals surface area contributed by atoms with E-state index in [1.165, 1.54) is 0 Å². The molecule has 1 aliphatic rings. The van der Waals surface area contributed by atoms with Gasteiger partial charge in [-0.3, -0.25) is 9.59 Å². The minimum atomic E-state index is -0.813. The first-order chi connectivity index (χ1) is 19.0. The van der Waals surface area contributed by atoms with Gasteiger partial charge in [0.05, 0.1) is 6.04 Å². The molecule has 7 nitrogen and oxygen atoms in total. The van der Waals surface area contributed by atoms with Crippen LogP contribution in [-0.2, 0) is 9.59 Å². The maximum absolute atomic E-state index is 14.2. The normalized spacial score (nSPS) is 19.5. The molecule has 3 atom stereocenters. The van der Waals surface area contributed by atoms with Gasteiger partial charge in [-0.1, -0.05) is 72.3 Å². The van der Waals surface area contributed by atoms with Crippen molar-refractivity contribution in [3.05, 3.63) is 101 Å². The Morgan fingerprint density at radius 1 is 0.850 bits per heavy atom. The number of amides is 4. The second-order valence-electron chi connectivity index (χ2n) is 11.8. The molecule has 1 fully saturated rings. The van der Waals surface area contributed by atoms with Crippen LogP contribution in [0.4, 0.5) is 10.5 Å². The first-order valence-electron chi connectivity index (χ1n) is 13.9. The number of hydrogen-bond donors (Lipinski definition) is 3. The molecule has 0 unspecified atom stereocenters. The predicted octanol–water partition coefficient (Wildman–Crippen LogP) is 5.86. The van der Waals surface area contributed by atoms with Gasteiger partial charge >= 0.3 is 6.03 Å². The Bertz CT molecular complexity index is 1330. The van der Waals surface area contributed by atoms with Gasteiger partial charge < -0.3 is 20.9 Å². The quantitative estimate of drug-likeness (QED) is 0.366. The summed E-state index contributed by atoms with van der Waals surface area (Å²) in [5.41, 5.74) is 4.44. The number of hydrogen-bond acceptors (Lipinski definition) is 3. The van der Waals surface area contributed by atoms with Gasteiger partial charge in [0.15, 0.2) is 0 Å². The molecule has 0 saturated carbocycles. The first-order valence-corrected chi connectivity index (χ1v) is 13.9. The van der Waals surface area contributed by atoms with Crippen LogP contribution in [0.3, 0.4) is 0 Å². The van der Waals surface area contributed by atoms with Crippen LogP contribution in [0.5, 0.6) is 0 Å². The number of benzene rings is 3. The minimum Gasteiger partial charge on any atom is -0.350 e. The Morgan fingerprint density at radius 3 is 2.20 bits per heavy atom. The Morgan fingerprint density at radius 2 is 1.55 bits per heavy atom. The Hall–Kier alpha value is -4.13. The van der Waals surface area contributed by atoms with Crippen molar-refractivity contribution in [2.24, 2.45) is 0 Å². The summed E-state index contributed by atoms with van der Waals surface area (Å²) in [6, 6.07) is 24.1. The van der Waals surface area contributed by atoms with Gasteiger partial charge in [0.2, 0.25) is 11.8 Å². The van der Waals surface area contributed by atoms with Gasteiger partial charge in [0, 0.05) is 11.2 Å². The topological polar surface area (TPSA) is 90.5 Å². The predicted molar refractivity (Wildman–Crippen MR) is 159 cm³/mol. The van der Waals surface area contributed by atoms with Crippen LogP contribution in [0.25, 0.3) is 0 Å². The van der Waals surface area contributed by atoms with Crippen molar-refractivity contribution in [3.8, 4) is 0 Å². The van der Waals surface area contributed by atoms with Gasteiger partial charge in [-0.15, -0.1) is 0 Å². The lowest BCUT2D eigenvalue weighted by atomic mass is 9.86. The third-order valence-electron chi connectivity index (χ3n) is 7.13. The van der Waals surface area contributed by atoms with Gasteiger partial charge in [0.1, 0.15) is 12.6 Å². The number of anilines is 1. The summed E-state index contributed by atoms with van der Waals surface area (Å²) in [5.74, 6) is -0.528. The minimum absolute atomic E-state index is 0.0188. The molecule has 40 heavy (non-hydrogen) atoms. The van der Waals surface area contributed by atoms with E-state index in [2.05, 4.69) is 40.2 Å². The standard InChI is InChI=1S/C33H40N4O3/c1-22-14-16-24(17-15-22)26-19-28(35-32(40)34-27-13-9-10-23(2)18-27)31(39)37(21-30(38)36-33(3,4)5)29(20-26)25-11-7-6-8-12-25/h6-18,26,28-29H,19-21H2,1-5H3,(H,36,38)(H2,34,35,40)/t26-,28+,29+/m0/s1. The van der Waals surface area contributed by atoms with E-state index in [-0.39, 0.29) is 30.3 Å². The number of carbonyl (C=O) groups is 3. The van der Waals surface area contributed by atoms with E-state index in [1.54, 1.807) is 4.90 Å². The molecule has 1 aliphatic heterocycles. The van der Waals surface area contributed by atoms with Crippen LogP contribution in [0, 0.1) is 13.8 Å². The van der Waals surface area contributed by atoms with Crippen molar-refractivity contribution < 1.29 is 14.4 Å². The molecule has 4 amide bonds. The fourth-order valence-corrected chi connectivity index (χ4v) is 5.30. The number of carbonyl (C=O) groups excluding carboxylic acids is 3. The van der Waals surface area contributed by atoms with Gasteiger partial charge in [-0.25, -0.2) is 4.79 Å². The number of urea groups is 1. The highest BCUT2D eigenvalue weighted by Gasteiger charge is 2.40. The highest BCUT2D eigenvalue weighted by molar-refractivity contribution is 5.95. The maximum atomic E-state index is 14.2. The summed E-state index contributed by atoms with van der Waals surface area (Å²) in [6.07, 6.45) is 1.04. The Labute approximate surface area is 237 Å². The van der Waals surface area contributed by atoms with Crippen molar-refractivity contribution >= 4 is 23.5 Å². The van der Waals surface area contributed by atoms with Crippen molar-refractivity contribution in [3.63, 3.8) is 0 Å². The van der Waals surface area contributed by atoms with Crippen molar-refractivity contribution in [1.82, 2.24) is 15.5 Å². The largest absolute Gasteiger partial charge is 0.350 e. The van der Waals surface area contributed by atoms with Crippen LogP contribution in [0.1, 0.15) is 67.8 Å². The monoisotopic (exact) mass is 540 g/mol. The molecule has 7 heteroatoms. The van der Waals surface area contributed by atoms with Crippen molar-refractivity contribution in [2.75, 3.05) is 11.9 Å². The van der Waals surface area contributed by atoms with Crippen LogP contribution in [0.15, 0.2) is 78.9 Å². The highest BCUT2D eigenvalue weighted by atomic mass is 16.2. The highest BCUT2D eigenvalue weighted by Crippen LogP contribution is 2.39. The van der Waals surface area contributed by atoms with Gasteiger partial charge in [0.25, 0.3) is 0 Å². The molecule has 3 aromatic carbocycles. The molecule has 0 bridgehead atoms. The molecule has 1 heterocycles. The van der Waals surface area contributed by atoms with E-state index in [4.69, 9.17) is 0 Å². The fraction of sp³-hybridized carbons (Fsp3) is 0.364. The lowest BCUT2D eigenvalue weighted by Gasteiger charge is -2.33. The SMILES string of the molecule is Cc1ccc([C@@H]2C[C@H](c3ccccc3)N(CC(=O)NC(C)(C)C)C(=O)[C@H](NC(=O)Nc3cccc(C)c3)C2)cc1. The van der Waals surface area contributed by atoms with Crippen molar-refractivity contribution in [1.29, 1.82) is 0 Å². The number of rotatable bonds is 6. The smallest absolute Gasteiger partial charge is 0.319 e. The molecular weight excluding hydrogens is 500 g/mol. The number of aryl methyl sites for hydroxylation is 2. The van der Waals surface area contributed by atoms with E-state index in [1.807, 2.05) is 89.2 Å². The van der Waals surface area contributed by atoms with Gasteiger partial charge in [-0.05, 0) is 82.2 Å². The summed E-state index contributed by atoms with van der Waals surface area (Å²) in [5, 5.41) is 8.79. The molecule has 210 valence electrons. The molecule has 3 aromatic rings. The van der Waals surface area contributed by atoms with Crippen LogP contribution >= 0.6 is 0 Å². The van der Waals surface area contributed by atoms with E-state index in [0.717, 1.165) is 22.3 Å². The van der Waals surface area contributed by atoms with E-state index < -0.39 is 17.6 Å². The zero-order chi connectivity index (χ0) is 28.9. The summed E-state index contributed by atoms with van der Waals surface area (Å²) < 4.78 is 0. The average Bonchev–Trinajstić information content (AvgIpc) is 3.01. The molecule has 0 spiro atoms. The van der Waals surface area contributed by atoms with Crippen LogP contribution in [-0.4, -0.2) is 40.9 Å². The van der Waals surface area contributed by atoms with E-state index in [0.29, 0.717) is 18.5 Å². The molecule has 0 aliphatic carbocycles. The lowest BCUT2D eigenvalue weighted by molar-refractivity contribution is -0.139. The number of nitrogens with zero attached hydrogens (tertiary/aromatic N) is 1. The summed E-state index contributed by atoms with van der Waals surface area (Å²) in [7, 11) is 0. The van der Waals surface area contributed by atoms with E-state index >= 15 is 0 Å². The second-order valence-corrected chi connectivity index (χ2v) is 11.8. The zero-order valence-electron chi connectivity index (χ0n) is 24.0. The molecule has 0 aromatic heterocycles. The molecule has 0 radical (unpaired) electrons. The first kappa shape index (κ1) is 28.9. The third kappa shape index (κ3) is 7.72. The molecular formula is C33H40N4O3. The molecule has 1 saturated heterocycles. The maximum Gasteiger partial charge on any atom is 0.319 e. The van der Waals surface area contributed by atoms with Crippen LogP contribution < -0.4 is 16.0 Å². The van der Waals surface area contributed by atoms with Crippen LogP contribution in [0.2, 0.25) is 0 Å². The third-order valence-corrected chi connectivity index (χ3v) is 7.13. The zero-order valence-corrected chi connectivity index (χ0v) is 24.0. The number of likely N-dealkylation sites (tertiary alicyclic amines) is 1. The fourth-order valence-electron chi connectivity index (χ4n) is 5.30. The molecule has 3 N–H and O–H groups in total. The van der Waals surface area contributed by atoms with Gasteiger partial charge in [-0.2, -0.15) is 0 Å². The Balaban J connectivity index is 1.69. The summed E-state index contributed by atoms with van der Waals surface area (Å²) in [4.78, 5) is 42.1.